The van der Waals surface area contributed by atoms with Gasteiger partial charge in [-0.1, -0.05) is 17.7 Å². The lowest BCUT2D eigenvalue weighted by atomic mass is 9.82. The van der Waals surface area contributed by atoms with Gasteiger partial charge >= 0.3 is 0 Å². The van der Waals surface area contributed by atoms with E-state index < -0.39 is 0 Å². The van der Waals surface area contributed by atoms with Crippen molar-refractivity contribution in [3.8, 4) is 0 Å². The van der Waals surface area contributed by atoms with Crippen LogP contribution in [0.15, 0.2) is 52.4 Å². The number of aliphatic imine (C=N–C) groups is 1. The maximum absolute atomic E-state index is 13.3. The Kier molecular flexibility index (Phi) is 5.79. The maximum atomic E-state index is 13.3. The van der Waals surface area contributed by atoms with Gasteiger partial charge in [-0.05, 0) is 70.2 Å². The molecule has 3 aromatic rings. The maximum Gasteiger partial charge on any atom is 0.198 e. The first-order chi connectivity index (χ1) is 14.0. The van der Waals surface area contributed by atoms with Crippen molar-refractivity contribution >= 4 is 28.2 Å². The molecule has 0 radical (unpaired) electrons. The number of aromatic nitrogens is 2. The van der Waals surface area contributed by atoms with Gasteiger partial charge in [0.15, 0.2) is 5.43 Å². The minimum absolute atomic E-state index is 0.0158. The molecule has 4 rings (SSSR count). The third kappa shape index (κ3) is 4.26. The smallest absolute Gasteiger partial charge is 0.198 e. The zero-order chi connectivity index (χ0) is 20.4. The van der Waals surface area contributed by atoms with Crippen LogP contribution in [0.1, 0.15) is 35.7 Å². The fraction of sp³-hybridized carbons (Fsp3) is 0.348. The average molecular weight is 409 g/mol. The highest BCUT2D eigenvalue weighted by Crippen LogP contribution is 2.31. The number of pyridine rings is 2. The van der Waals surface area contributed by atoms with Crippen LogP contribution in [0.2, 0.25) is 5.02 Å². The molecule has 1 aliphatic rings. The van der Waals surface area contributed by atoms with E-state index in [1.165, 1.54) is 0 Å². The van der Waals surface area contributed by atoms with Crippen LogP contribution in [0, 0.1) is 0 Å². The fourth-order valence-corrected chi connectivity index (χ4v) is 4.17. The van der Waals surface area contributed by atoms with Gasteiger partial charge in [-0.2, -0.15) is 0 Å². The second-order valence-corrected chi connectivity index (χ2v) is 8.28. The molecule has 1 aliphatic carbocycles. The minimum atomic E-state index is 0.0158. The van der Waals surface area contributed by atoms with Gasteiger partial charge in [0.05, 0.1) is 5.56 Å². The molecule has 29 heavy (non-hydrogen) atoms. The molecule has 1 unspecified atom stereocenters. The largest absolute Gasteiger partial charge is 0.358 e. The highest BCUT2D eigenvalue weighted by Gasteiger charge is 2.29. The third-order valence-corrected chi connectivity index (χ3v) is 5.63. The summed E-state index contributed by atoms with van der Waals surface area (Å²) in [5.74, 6) is 0.205. The number of fused-ring (bicyclic) bond motifs is 2. The molecule has 2 heterocycles. The molecule has 1 atom stereocenters. The Labute approximate surface area is 175 Å². The van der Waals surface area contributed by atoms with Crippen LogP contribution in [-0.4, -0.2) is 47.8 Å². The lowest BCUT2D eigenvalue weighted by molar-refractivity contribution is 0.403. The van der Waals surface area contributed by atoms with E-state index >= 15 is 0 Å². The molecular formula is C23H25ClN4O. The monoisotopic (exact) mass is 408 g/mol. The minimum Gasteiger partial charge on any atom is -0.358 e. The molecule has 2 aromatic heterocycles. The lowest BCUT2D eigenvalue weighted by Gasteiger charge is -2.26. The number of nitrogens with one attached hydrogen (secondary N) is 1. The molecule has 0 fully saturated rings. The van der Waals surface area contributed by atoms with Crippen molar-refractivity contribution in [2.24, 2.45) is 4.99 Å². The normalized spacial score (nSPS) is 17.8. The summed E-state index contributed by atoms with van der Waals surface area (Å²) in [6.07, 6.45) is 4.25. The van der Waals surface area contributed by atoms with Crippen LogP contribution < -0.4 is 5.43 Å². The molecule has 1 N–H and O–H groups in total. The van der Waals surface area contributed by atoms with Gasteiger partial charge in [-0.25, -0.2) is 0 Å². The van der Waals surface area contributed by atoms with E-state index in [9.17, 15) is 4.79 Å². The molecule has 0 bridgehead atoms. The van der Waals surface area contributed by atoms with Gasteiger partial charge in [-0.3, -0.25) is 14.8 Å². The van der Waals surface area contributed by atoms with Crippen molar-refractivity contribution in [2.45, 2.75) is 25.2 Å². The number of halogens is 1. The zero-order valence-electron chi connectivity index (χ0n) is 16.8. The molecule has 0 aliphatic heterocycles. The molecule has 0 amide bonds. The first-order valence-electron chi connectivity index (χ1n) is 9.96. The molecular weight excluding hydrogens is 384 g/mol. The summed E-state index contributed by atoms with van der Waals surface area (Å²) in [5.41, 5.74) is 4.41. The average Bonchev–Trinajstić information content (AvgIpc) is 2.72. The van der Waals surface area contributed by atoms with E-state index in [-0.39, 0.29) is 11.3 Å². The summed E-state index contributed by atoms with van der Waals surface area (Å²) in [5, 5.41) is 1.18. The highest BCUT2D eigenvalue weighted by atomic mass is 35.5. The van der Waals surface area contributed by atoms with Crippen molar-refractivity contribution in [2.75, 3.05) is 27.2 Å². The van der Waals surface area contributed by atoms with E-state index in [2.05, 4.69) is 35.0 Å². The van der Waals surface area contributed by atoms with Gasteiger partial charge in [0.1, 0.15) is 0 Å². The Morgan fingerprint density at radius 2 is 2.10 bits per heavy atom. The summed E-state index contributed by atoms with van der Waals surface area (Å²) in [7, 11) is 4.11. The van der Waals surface area contributed by atoms with Gasteiger partial charge < -0.3 is 9.88 Å². The summed E-state index contributed by atoms with van der Waals surface area (Å²) in [6.45, 7) is 1.67. The quantitative estimate of drug-likeness (QED) is 0.648. The van der Waals surface area contributed by atoms with E-state index in [4.69, 9.17) is 16.6 Å². The number of nitrogens with zero attached hydrogens (tertiary/aromatic N) is 3. The molecule has 0 spiro atoms. The molecule has 0 saturated heterocycles. The Bertz CT molecular complexity index is 1110. The summed E-state index contributed by atoms with van der Waals surface area (Å²) in [4.78, 5) is 28.4. The Morgan fingerprint density at radius 3 is 2.86 bits per heavy atom. The molecule has 150 valence electrons. The summed E-state index contributed by atoms with van der Waals surface area (Å²) >= 11 is 6.15. The highest BCUT2D eigenvalue weighted by molar-refractivity contribution is 6.31. The van der Waals surface area contributed by atoms with E-state index in [0.717, 1.165) is 54.0 Å². The number of H-pyrrole nitrogens is 1. The number of benzene rings is 1. The van der Waals surface area contributed by atoms with Crippen LogP contribution in [0.4, 0.5) is 0 Å². The standard InChI is InChI=1S/C23H25ClN4O/c1-28(2)11-5-10-26-20-12-15(18-6-3-4-9-25-18)13-21-22(20)23(29)17-14-16(24)7-8-19(17)27-21/h3-4,6-9,14-15H,5,10-13H2,1-2H3,(H,27,29). The van der Waals surface area contributed by atoms with Gasteiger partial charge in [0.25, 0.3) is 0 Å². The SMILES string of the molecule is CN(C)CCCN=C1CC(c2ccccn2)Cc2[nH]c3ccc(Cl)cc3c(=O)c21. The van der Waals surface area contributed by atoms with Crippen molar-refractivity contribution in [3.05, 3.63) is 74.8 Å². The van der Waals surface area contributed by atoms with Crippen LogP contribution in [0.25, 0.3) is 10.9 Å². The topological polar surface area (TPSA) is 61.4 Å². The molecule has 0 saturated carbocycles. The van der Waals surface area contributed by atoms with Crippen molar-refractivity contribution in [1.29, 1.82) is 0 Å². The molecule has 6 heteroatoms. The molecule has 5 nitrogen and oxygen atoms in total. The number of hydrogen-bond acceptors (Lipinski definition) is 4. The van der Waals surface area contributed by atoms with Crippen LogP contribution in [0.3, 0.4) is 0 Å². The predicted molar refractivity (Wildman–Crippen MR) is 119 cm³/mol. The summed E-state index contributed by atoms with van der Waals surface area (Å²) in [6, 6.07) is 11.4. The number of hydrogen-bond donors (Lipinski definition) is 1. The second kappa shape index (κ2) is 8.47. The van der Waals surface area contributed by atoms with Gasteiger partial charge in [-0.15, -0.1) is 0 Å². The third-order valence-electron chi connectivity index (χ3n) is 5.39. The summed E-state index contributed by atoms with van der Waals surface area (Å²) < 4.78 is 0. The Balaban J connectivity index is 1.79. The predicted octanol–water partition coefficient (Wildman–Crippen LogP) is 4.05. The first kappa shape index (κ1) is 19.8. The molecule has 1 aromatic carbocycles. The number of aromatic amines is 1. The number of rotatable bonds is 5. The van der Waals surface area contributed by atoms with Crippen molar-refractivity contribution < 1.29 is 0 Å². The Hall–Kier alpha value is -2.50. The lowest BCUT2D eigenvalue weighted by Crippen LogP contribution is -2.29. The second-order valence-electron chi connectivity index (χ2n) is 7.84. The van der Waals surface area contributed by atoms with Crippen LogP contribution in [-0.2, 0) is 6.42 Å². The van der Waals surface area contributed by atoms with Crippen molar-refractivity contribution in [1.82, 2.24) is 14.9 Å². The van der Waals surface area contributed by atoms with E-state index in [0.29, 0.717) is 17.0 Å². The van der Waals surface area contributed by atoms with Crippen molar-refractivity contribution in [3.63, 3.8) is 0 Å². The Morgan fingerprint density at radius 1 is 1.24 bits per heavy atom. The van der Waals surface area contributed by atoms with Gasteiger partial charge in [0.2, 0.25) is 0 Å². The zero-order valence-corrected chi connectivity index (χ0v) is 17.5. The van der Waals surface area contributed by atoms with Gasteiger partial charge in [0, 0.05) is 51.7 Å². The van der Waals surface area contributed by atoms with Crippen LogP contribution >= 0.6 is 11.6 Å². The fourth-order valence-electron chi connectivity index (χ4n) is 3.99. The van der Waals surface area contributed by atoms with E-state index in [1.54, 1.807) is 6.07 Å². The van der Waals surface area contributed by atoms with E-state index in [1.807, 2.05) is 30.5 Å². The van der Waals surface area contributed by atoms with Crippen LogP contribution in [0.5, 0.6) is 0 Å². The first-order valence-corrected chi connectivity index (χ1v) is 10.3.